The highest BCUT2D eigenvalue weighted by Gasteiger charge is 2.14. The molecule has 0 amide bonds. The zero-order valence-corrected chi connectivity index (χ0v) is 7.14. The SMILES string of the molecule is CC1=C(C)C(C)C(=C=O)C=C1. The average molecular weight is 148 g/mol. The third kappa shape index (κ3) is 1.33. The largest absolute Gasteiger partial charge is 0.233 e. The van der Waals surface area contributed by atoms with Crippen LogP contribution in [0.1, 0.15) is 20.8 Å². The van der Waals surface area contributed by atoms with E-state index in [9.17, 15) is 4.79 Å². The lowest BCUT2D eigenvalue weighted by Gasteiger charge is -2.17. The van der Waals surface area contributed by atoms with Gasteiger partial charge in [-0.2, -0.15) is 0 Å². The Bertz CT molecular complexity index is 275. The van der Waals surface area contributed by atoms with Gasteiger partial charge in [0.1, 0.15) is 5.94 Å². The minimum atomic E-state index is 0.248. The molecule has 1 nitrogen and oxygen atoms in total. The van der Waals surface area contributed by atoms with Gasteiger partial charge in [0.05, 0.1) is 0 Å². The Labute approximate surface area is 67.1 Å². The van der Waals surface area contributed by atoms with Crippen molar-refractivity contribution in [1.82, 2.24) is 0 Å². The second kappa shape index (κ2) is 2.89. The maximum Gasteiger partial charge on any atom is 0.128 e. The molecule has 11 heavy (non-hydrogen) atoms. The second-order valence-corrected chi connectivity index (χ2v) is 2.98. The summed E-state index contributed by atoms with van der Waals surface area (Å²) in [6, 6.07) is 0. The first-order chi connectivity index (χ1) is 5.16. The Balaban J connectivity index is 3.10. The van der Waals surface area contributed by atoms with E-state index in [0.717, 1.165) is 5.57 Å². The van der Waals surface area contributed by atoms with E-state index >= 15 is 0 Å². The summed E-state index contributed by atoms with van der Waals surface area (Å²) < 4.78 is 0. The van der Waals surface area contributed by atoms with Crippen LogP contribution >= 0.6 is 0 Å². The van der Waals surface area contributed by atoms with Crippen molar-refractivity contribution in [1.29, 1.82) is 0 Å². The van der Waals surface area contributed by atoms with Crippen molar-refractivity contribution >= 4 is 5.94 Å². The van der Waals surface area contributed by atoms with Crippen LogP contribution in [-0.4, -0.2) is 5.94 Å². The Morgan fingerprint density at radius 3 is 2.55 bits per heavy atom. The number of hydrogen-bond acceptors (Lipinski definition) is 1. The molecular formula is C10H12O. The topological polar surface area (TPSA) is 17.1 Å². The van der Waals surface area contributed by atoms with Crippen LogP contribution in [0.15, 0.2) is 28.9 Å². The first-order valence-electron chi connectivity index (χ1n) is 3.77. The number of rotatable bonds is 0. The van der Waals surface area contributed by atoms with Gasteiger partial charge in [-0.15, -0.1) is 0 Å². The van der Waals surface area contributed by atoms with Crippen LogP contribution in [0.25, 0.3) is 0 Å². The minimum Gasteiger partial charge on any atom is -0.233 e. The normalized spacial score (nSPS) is 23.9. The van der Waals surface area contributed by atoms with Gasteiger partial charge in [-0.1, -0.05) is 24.1 Å². The first kappa shape index (κ1) is 8.03. The summed E-state index contributed by atoms with van der Waals surface area (Å²) in [5.41, 5.74) is 3.29. The van der Waals surface area contributed by atoms with Crippen molar-refractivity contribution in [2.75, 3.05) is 0 Å². The maximum absolute atomic E-state index is 10.4. The molecule has 0 aromatic carbocycles. The first-order valence-corrected chi connectivity index (χ1v) is 3.77. The standard InChI is InChI=1S/C10H12O/c1-7-4-5-10(6-11)9(3)8(7)2/h4-5,9H,1-3H3. The fourth-order valence-electron chi connectivity index (χ4n) is 1.19. The van der Waals surface area contributed by atoms with E-state index in [1.807, 2.05) is 25.0 Å². The van der Waals surface area contributed by atoms with E-state index in [-0.39, 0.29) is 5.92 Å². The van der Waals surface area contributed by atoms with Gasteiger partial charge in [-0.3, -0.25) is 0 Å². The highest BCUT2D eigenvalue weighted by Crippen LogP contribution is 2.26. The van der Waals surface area contributed by atoms with Crippen LogP contribution < -0.4 is 0 Å². The van der Waals surface area contributed by atoms with Crippen molar-refractivity contribution in [3.05, 3.63) is 28.9 Å². The van der Waals surface area contributed by atoms with Crippen LogP contribution in [0.2, 0.25) is 0 Å². The summed E-state index contributed by atoms with van der Waals surface area (Å²) in [7, 11) is 0. The van der Waals surface area contributed by atoms with Crippen molar-refractivity contribution < 1.29 is 4.79 Å². The Hall–Kier alpha value is -1.07. The van der Waals surface area contributed by atoms with E-state index in [1.165, 1.54) is 11.1 Å². The molecule has 0 bridgehead atoms. The summed E-state index contributed by atoms with van der Waals surface area (Å²) in [6.07, 6.45) is 3.82. The summed E-state index contributed by atoms with van der Waals surface area (Å²) in [6.45, 7) is 6.15. The van der Waals surface area contributed by atoms with Crippen molar-refractivity contribution in [2.24, 2.45) is 5.92 Å². The lowest BCUT2D eigenvalue weighted by atomic mass is 9.87. The molecule has 1 heteroatoms. The van der Waals surface area contributed by atoms with E-state index in [1.54, 1.807) is 0 Å². The lowest BCUT2D eigenvalue weighted by molar-refractivity contribution is 0.565. The molecule has 1 aliphatic carbocycles. The summed E-state index contributed by atoms with van der Waals surface area (Å²) in [5, 5.41) is 0. The van der Waals surface area contributed by atoms with Gasteiger partial charge in [0.2, 0.25) is 0 Å². The van der Waals surface area contributed by atoms with E-state index in [4.69, 9.17) is 0 Å². The molecule has 0 spiro atoms. The fourth-order valence-corrected chi connectivity index (χ4v) is 1.19. The van der Waals surface area contributed by atoms with Crippen LogP contribution in [0, 0.1) is 5.92 Å². The fraction of sp³-hybridized carbons (Fsp3) is 0.400. The molecule has 1 unspecified atom stereocenters. The summed E-state index contributed by atoms with van der Waals surface area (Å²) in [5.74, 6) is 2.20. The zero-order valence-electron chi connectivity index (χ0n) is 7.14. The quantitative estimate of drug-likeness (QED) is 0.482. The van der Waals surface area contributed by atoms with Gasteiger partial charge >= 0.3 is 0 Å². The lowest BCUT2D eigenvalue weighted by Crippen LogP contribution is -2.05. The molecule has 1 aliphatic rings. The Morgan fingerprint density at radius 1 is 1.36 bits per heavy atom. The molecule has 0 aliphatic heterocycles. The molecule has 0 N–H and O–H groups in total. The van der Waals surface area contributed by atoms with Crippen molar-refractivity contribution in [3.63, 3.8) is 0 Å². The van der Waals surface area contributed by atoms with Crippen LogP contribution in [0.3, 0.4) is 0 Å². The minimum absolute atomic E-state index is 0.248. The van der Waals surface area contributed by atoms with E-state index in [0.29, 0.717) is 0 Å². The van der Waals surface area contributed by atoms with E-state index < -0.39 is 0 Å². The highest BCUT2D eigenvalue weighted by molar-refractivity contribution is 5.62. The Morgan fingerprint density at radius 2 is 2.00 bits per heavy atom. The second-order valence-electron chi connectivity index (χ2n) is 2.98. The molecular weight excluding hydrogens is 136 g/mol. The van der Waals surface area contributed by atoms with Gasteiger partial charge in [0, 0.05) is 11.5 Å². The predicted molar refractivity (Wildman–Crippen MR) is 45.9 cm³/mol. The molecule has 0 radical (unpaired) electrons. The third-order valence-electron chi connectivity index (χ3n) is 2.37. The summed E-state index contributed by atoms with van der Waals surface area (Å²) >= 11 is 0. The van der Waals surface area contributed by atoms with Crippen molar-refractivity contribution in [3.8, 4) is 0 Å². The van der Waals surface area contributed by atoms with E-state index in [2.05, 4.69) is 13.8 Å². The van der Waals surface area contributed by atoms with Gasteiger partial charge in [-0.05, 0) is 19.9 Å². The van der Waals surface area contributed by atoms with Crippen LogP contribution in [-0.2, 0) is 4.79 Å². The number of allylic oxidation sites excluding steroid dienone is 5. The molecule has 58 valence electrons. The highest BCUT2D eigenvalue weighted by atomic mass is 16.1. The van der Waals surface area contributed by atoms with Crippen molar-refractivity contribution in [2.45, 2.75) is 20.8 Å². The van der Waals surface area contributed by atoms with Gasteiger partial charge < -0.3 is 0 Å². The molecule has 0 heterocycles. The number of carbonyl (C=O) groups excluding carboxylic acids is 1. The molecule has 0 aromatic rings. The smallest absolute Gasteiger partial charge is 0.128 e. The predicted octanol–water partition coefficient (Wildman–Crippen LogP) is 2.29. The van der Waals surface area contributed by atoms with Crippen LogP contribution in [0.4, 0.5) is 0 Å². The molecule has 1 rings (SSSR count). The molecule has 0 saturated heterocycles. The molecule has 0 saturated carbocycles. The maximum atomic E-state index is 10.4. The van der Waals surface area contributed by atoms with Gasteiger partial charge in [0.25, 0.3) is 0 Å². The third-order valence-corrected chi connectivity index (χ3v) is 2.37. The number of hydrogen-bond donors (Lipinski definition) is 0. The molecule has 1 atom stereocenters. The van der Waals surface area contributed by atoms with Crippen LogP contribution in [0.5, 0.6) is 0 Å². The van der Waals surface area contributed by atoms with Gasteiger partial charge in [0.15, 0.2) is 0 Å². The van der Waals surface area contributed by atoms with Gasteiger partial charge in [-0.25, -0.2) is 4.79 Å². The Kier molecular flexibility index (Phi) is 2.11. The summed E-state index contributed by atoms with van der Waals surface area (Å²) in [4.78, 5) is 10.4. The monoisotopic (exact) mass is 148 g/mol. The average Bonchev–Trinajstić information content (AvgIpc) is 2.01. The molecule has 0 fully saturated rings. The molecule has 0 aromatic heterocycles. The zero-order chi connectivity index (χ0) is 8.43.